The van der Waals surface area contributed by atoms with Crippen LogP contribution in [0.25, 0.3) is 0 Å². The van der Waals surface area contributed by atoms with E-state index in [9.17, 15) is 9.59 Å². The highest BCUT2D eigenvalue weighted by Crippen LogP contribution is 2.27. The maximum absolute atomic E-state index is 11.9. The third-order valence-electron chi connectivity index (χ3n) is 3.77. The zero-order chi connectivity index (χ0) is 17.6. The fourth-order valence-electron chi connectivity index (χ4n) is 2.36. The molecule has 0 radical (unpaired) electrons. The first kappa shape index (κ1) is 20.2. The van der Waals surface area contributed by atoms with Gasteiger partial charge in [0.25, 0.3) is 0 Å². The molecular formula is C20H30O4. The summed E-state index contributed by atoms with van der Waals surface area (Å²) < 4.78 is 10.7. The van der Waals surface area contributed by atoms with Gasteiger partial charge in [0.1, 0.15) is 0 Å². The molecule has 0 bridgehead atoms. The Morgan fingerprint density at radius 3 is 1.62 bits per heavy atom. The van der Waals surface area contributed by atoms with Gasteiger partial charge in [0.2, 0.25) is 0 Å². The number of carbonyl (C=O) groups excluding carboxylic acids is 2. The van der Waals surface area contributed by atoms with E-state index in [0.29, 0.717) is 24.3 Å². The molecule has 1 aromatic rings. The van der Waals surface area contributed by atoms with Crippen LogP contribution in [0.3, 0.4) is 0 Å². The minimum absolute atomic E-state index is 0.277. The molecule has 24 heavy (non-hydrogen) atoms. The Bertz CT molecular complexity index is 496. The quantitative estimate of drug-likeness (QED) is 0.290. The van der Waals surface area contributed by atoms with Gasteiger partial charge in [-0.15, -0.1) is 0 Å². The number of esters is 2. The van der Waals surface area contributed by atoms with Gasteiger partial charge in [0.05, 0.1) is 0 Å². The number of hydrogen-bond acceptors (Lipinski definition) is 4. The molecule has 4 nitrogen and oxygen atoms in total. The normalized spacial score (nSPS) is 10.4. The van der Waals surface area contributed by atoms with E-state index in [4.69, 9.17) is 9.47 Å². The summed E-state index contributed by atoms with van der Waals surface area (Å²) in [6, 6.07) is 6.83. The van der Waals surface area contributed by atoms with Crippen LogP contribution in [0, 0.1) is 0 Å². The Morgan fingerprint density at radius 1 is 0.708 bits per heavy atom. The van der Waals surface area contributed by atoms with Crippen LogP contribution < -0.4 is 9.47 Å². The van der Waals surface area contributed by atoms with Crippen LogP contribution in [0.15, 0.2) is 24.3 Å². The Kier molecular flexibility index (Phi) is 10.6. The zero-order valence-corrected chi connectivity index (χ0v) is 15.0. The topological polar surface area (TPSA) is 52.6 Å². The number of hydrogen-bond donors (Lipinski definition) is 0. The van der Waals surface area contributed by atoms with Crippen molar-refractivity contribution in [3.63, 3.8) is 0 Å². The molecular weight excluding hydrogens is 304 g/mol. The Balaban J connectivity index is 2.44. The van der Waals surface area contributed by atoms with Gasteiger partial charge < -0.3 is 9.47 Å². The first-order chi connectivity index (χ1) is 11.7. The van der Waals surface area contributed by atoms with Gasteiger partial charge >= 0.3 is 11.9 Å². The van der Waals surface area contributed by atoms with Crippen molar-refractivity contribution < 1.29 is 19.1 Å². The first-order valence-corrected chi connectivity index (χ1v) is 9.17. The second-order valence-electron chi connectivity index (χ2n) is 6.02. The predicted octanol–water partition coefficient (Wildman–Crippen LogP) is 5.44. The lowest BCUT2D eigenvalue weighted by Gasteiger charge is -2.10. The Morgan fingerprint density at radius 2 is 1.12 bits per heavy atom. The van der Waals surface area contributed by atoms with Crippen molar-refractivity contribution in [2.24, 2.45) is 0 Å². The number of carbonyl (C=O) groups is 2. The van der Waals surface area contributed by atoms with Crippen molar-refractivity contribution in [3.8, 4) is 11.5 Å². The number of rotatable bonds is 12. The molecule has 1 aromatic carbocycles. The SMILES string of the molecule is CCCCCCCC(=O)Oc1ccccc1OC(=O)CCCCC. The van der Waals surface area contributed by atoms with Crippen molar-refractivity contribution in [1.82, 2.24) is 0 Å². The minimum atomic E-state index is -0.286. The first-order valence-electron chi connectivity index (χ1n) is 9.17. The van der Waals surface area contributed by atoms with Crippen LogP contribution in [-0.4, -0.2) is 11.9 Å². The molecule has 0 N–H and O–H groups in total. The van der Waals surface area contributed by atoms with E-state index in [-0.39, 0.29) is 11.9 Å². The summed E-state index contributed by atoms with van der Waals surface area (Å²) in [6.45, 7) is 4.25. The maximum atomic E-state index is 11.9. The molecule has 0 unspecified atom stereocenters. The summed E-state index contributed by atoms with van der Waals surface area (Å²) >= 11 is 0. The summed E-state index contributed by atoms with van der Waals surface area (Å²) in [4.78, 5) is 23.8. The smallest absolute Gasteiger partial charge is 0.311 e. The average Bonchev–Trinajstić information content (AvgIpc) is 2.57. The number of ether oxygens (including phenoxy) is 2. The molecule has 0 aromatic heterocycles. The van der Waals surface area contributed by atoms with E-state index >= 15 is 0 Å². The molecule has 0 spiro atoms. The summed E-state index contributed by atoms with van der Waals surface area (Å²) in [5.41, 5.74) is 0. The second kappa shape index (κ2) is 12.6. The van der Waals surface area contributed by atoms with E-state index in [2.05, 4.69) is 13.8 Å². The van der Waals surface area contributed by atoms with Gasteiger partial charge in [-0.05, 0) is 25.0 Å². The van der Waals surface area contributed by atoms with Gasteiger partial charge in [-0.25, -0.2) is 0 Å². The summed E-state index contributed by atoms with van der Waals surface area (Å²) in [7, 11) is 0. The monoisotopic (exact) mass is 334 g/mol. The molecule has 4 heteroatoms. The molecule has 0 atom stereocenters. The third-order valence-corrected chi connectivity index (χ3v) is 3.77. The lowest BCUT2D eigenvalue weighted by atomic mass is 10.1. The summed E-state index contributed by atoms with van der Waals surface area (Å²) in [5.74, 6) is 0.0747. The van der Waals surface area contributed by atoms with Crippen LogP contribution >= 0.6 is 0 Å². The molecule has 0 saturated carbocycles. The van der Waals surface area contributed by atoms with Gasteiger partial charge in [-0.1, -0.05) is 64.5 Å². The van der Waals surface area contributed by atoms with Crippen LogP contribution in [0.4, 0.5) is 0 Å². The van der Waals surface area contributed by atoms with Crippen LogP contribution in [0.1, 0.15) is 78.1 Å². The molecule has 0 saturated heterocycles. The molecule has 0 aliphatic rings. The van der Waals surface area contributed by atoms with E-state index < -0.39 is 0 Å². The molecule has 0 aliphatic carbocycles. The van der Waals surface area contributed by atoms with Gasteiger partial charge in [0.15, 0.2) is 11.5 Å². The molecule has 0 amide bonds. The van der Waals surface area contributed by atoms with Crippen LogP contribution in [0.5, 0.6) is 11.5 Å². The van der Waals surface area contributed by atoms with Gasteiger partial charge in [-0.3, -0.25) is 9.59 Å². The molecule has 0 fully saturated rings. The lowest BCUT2D eigenvalue weighted by Crippen LogP contribution is -2.12. The van der Waals surface area contributed by atoms with E-state index in [0.717, 1.165) is 38.5 Å². The number of unbranched alkanes of at least 4 members (excludes halogenated alkanes) is 6. The lowest BCUT2D eigenvalue weighted by molar-refractivity contribution is -0.137. The van der Waals surface area contributed by atoms with E-state index in [1.807, 2.05) is 0 Å². The Labute approximate surface area is 145 Å². The summed E-state index contributed by atoms with van der Waals surface area (Å²) in [6.07, 6.45) is 9.05. The third kappa shape index (κ3) is 8.70. The van der Waals surface area contributed by atoms with Crippen LogP contribution in [0.2, 0.25) is 0 Å². The van der Waals surface area contributed by atoms with Gasteiger partial charge in [-0.2, -0.15) is 0 Å². The highest BCUT2D eigenvalue weighted by atomic mass is 16.6. The predicted molar refractivity (Wildman–Crippen MR) is 95.2 cm³/mol. The standard InChI is InChI=1S/C20H30O4/c1-3-5-7-8-10-16-20(22)24-18-14-12-11-13-17(18)23-19(21)15-9-6-4-2/h11-14H,3-10,15-16H2,1-2H3. The largest absolute Gasteiger partial charge is 0.423 e. The molecule has 134 valence electrons. The van der Waals surface area contributed by atoms with E-state index in [1.54, 1.807) is 24.3 Å². The Hall–Kier alpha value is -1.84. The molecule has 1 rings (SSSR count). The molecule has 0 heterocycles. The number of benzene rings is 1. The maximum Gasteiger partial charge on any atom is 0.311 e. The minimum Gasteiger partial charge on any atom is -0.423 e. The fourth-order valence-corrected chi connectivity index (χ4v) is 2.36. The van der Waals surface area contributed by atoms with Gasteiger partial charge in [0, 0.05) is 12.8 Å². The van der Waals surface area contributed by atoms with Crippen molar-refractivity contribution >= 4 is 11.9 Å². The second-order valence-corrected chi connectivity index (χ2v) is 6.02. The van der Waals surface area contributed by atoms with E-state index in [1.165, 1.54) is 12.8 Å². The zero-order valence-electron chi connectivity index (χ0n) is 15.0. The average molecular weight is 334 g/mol. The van der Waals surface area contributed by atoms with Crippen molar-refractivity contribution in [2.75, 3.05) is 0 Å². The molecule has 0 aliphatic heterocycles. The van der Waals surface area contributed by atoms with Crippen molar-refractivity contribution in [2.45, 2.75) is 78.1 Å². The highest BCUT2D eigenvalue weighted by Gasteiger charge is 2.13. The van der Waals surface area contributed by atoms with Crippen LogP contribution in [-0.2, 0) is 9.59 Å². The summed E-state index contributed by atoms with van der Waals surface area (Å²) in [5, 5.41) is 0. The van der Waals surface area contributed by atoms with Crippen molar-refractivity contribution in [1.29, 1.82) is 0 Å². The van der Waals surface area contributed by atoms with Crippen molar-refractivity contribution in [3.05, 3.63) is 24.3 Å². The number of para-hydroxylation sites is 2. The highest BCUT2D eigenvalue weighted by molar-refractivity contribution is 5.76. The fraction of sp³-hybridized carbons (Fsp3) is 0.600.